The molecule has 0 aromatic heterocycles. The number of phenolic OH excluding ortho intramolecular Hbond substituents is 8. The van der Waals surface area contributed by atoms with Crippen LogP contribution in [0.1, 0.15) is 27.6 Å². The van der Waals surface area contributed by atoms with Gasteiger partial charge in [0, 0.05) is 35.7 Å². The fourth-order valence-electron chi connectivity index (χ4n) is 3.59. The Hall–Kier alpha value is -4.74. The Kier molecular flexibility index (Phi) is 5.28. The van der Waals surface area contributed by atoms with E-state index in [1.165, 1.54) is 0 Å². The highest BCUT2D eigenvalue weighted by Crippen LogP contribution is 2.46. The van der Waals surface area contributed by atoms with Crippen molar-refractivity contribution in [3.63, 3.8) is 0 Å². The minimum Gasteiger partial charge on any atom is -0.508 e. The van der Waals surface area contributed by atoms with E-state index in [-0.39, 0.29) is 29.0 Å². The molecule has 1 aliphatic rings. The normalized spacial score (nSPS) is 17.0. The zero-order chi connectivity index (χ0) is 24.9. The van der Waals surface area contributed by atoms with Crippen molar-refractivity contribution in [3.8, 4) is 51.7 Å². The zero-order valence-corrected chi connectivity index (χ0v) is 16.9. The number of phenols is 8. The van der Waals surface area contributed by atoms with E-state index in [4.69, 9.17) is 9.47 Å². The van der Waals surface area contributed by atoms with Crippen molar-refractivity contribution in [1.82, 2.24) is 0 Å². The molecular formula is C22H17FO11. The molecule has 1 aliphatic heterocycles. The Labute approximate surface area is 189 Å². The van der Waals surface area contributed by atoms with Crippen molar-refractivity contribution < 1.29 is 59.5 Å². The summed E-state index contributed by atoms with van der Waals surface area (Å²) in [5.74, 6) is -9.56. The van der Waals surface area contributed by atoms with Crippen LogP contribution in [0.5, 0.6) is 51.7 Å². The van der Waals surface area contributed by atoms with Crippen LogP contribution >= 0.6 is 0 Å². The standard InChI is InChI=1S/C22H17FO11/c23-17-10(5-14(28)19(30)20(17)31)22(32)34-16-6-9-11(25)3-8(24)4-15(9)33-21(16)7-1-12(26)18(29)13(27)2-7/h1-5,16,21,24-31H,6H2/t16?,21-/m1/s1. The van der Waals surface area contributed by atoms with Gasteiger partial charge < -0.3 is 50.3 Å². The SMILES string of the molecule is O=C(OC1Cc2c(O)cc(O)cc2O[C@@H]1c1cc(O)c(O)c(O)c1)c1cc(O)c(O)c(O)c1F. The Bertz CT molecular complexity index is 1300. The van der Waals surface area contributed by atoms with Crippen molar-refractivity contribution in [2.75, 3.05) is 0 Å². The van der Waals surface area contributed by atoms with Gasteiger partial charge in [0.25, 0.3) is 0 Å². The van der Waals surface area contributed by atoms with Crippen LogP contribution in [0.3, 0.4) is 0 Å². The quantitative estimate of drug-likeness (QED) is 0.204. The maximum atomic E-state index is 14.4. The Morgan fingerprint density at radius 1 is 0.824 bits per heavy atom. The molecule has 4 rings (SSSR count). The summed E-state index contributed by atoms with van der Waals surface area (Å²) in [4.78, 5) is 12.7. The lowest BCUT2D eigenvalue weighted by Gasteiger charge is -2.34. The summed E-state index contributed by atoms with van der Waals surface area (Å²) in [6, 6.07) is 4.72. The van der Waals surface area contributed by atoms with E-state index in [1.54, 1.807) is 0 Å². The number of carbonyl (C=O) groups is 1. The lowest BCUT2D eigenvalue weighted by molar-refractivity contribution is -0.0193. The second-order valence-corrected chi connectivity index (χ2v) is 7.49. The van der Waals surface area contributed by atoms with E-state index >= 15 is 0 Å². The maximum Gasteiger partial charge on any atom is 0.341 e. The second-order valence-electron chi connectivity index (χ2n) is 7.49. The molecule has 0 spiro atoms. The highest BCUT2D eigenvalue weighted by Gasteiger charge is 2.38. The predicted octanol–water partition coefficient (Wildman–Crippen LogP) is 2.37. The molecular weight excluding hydrogens is 459 g/mol. The van der Waals surface area contributed by atoms with Crippen LogP contribution < -0.4 is 4.74 Å². The van der Waals surface area contributed by atoms with E-state index in [0.717, 1.165) is 24.3 Å². The number of rotatable bonds is 3. The first-order chi connectivity index (χ1) is 16.0. The average Bonchev–Trinajstić information content (AvgIpc) is 2.78. The molecule has 3 aromatic rings. The van der Waals surface area contributed by atoms with Crippen molar-refractivity contribution >= 4 is 5.97 Å². The van der Waals surface area contributed by atoms with E-state index in [9.17, 15) is 50.0 Å². The monoisotopic (exact) mass is 476 g/mol. The molecule has 3 aromatic carbocycles. The summed E-state index contributed by atoms with van der Waals surface area (Å²) in [7, 11) is 0. The van der Waals surface area contributed by atoms with Gasteiger partial charge in [-0.15, -0.1) is 0 Å². The van der Waals surface area contributed by atoms with Crippen molar-refractivity contribution in [1.29, 1.82) is 0 Å². The fourth-order valence-corrected chi connectivity index (χ4v) is 3.59. The van der Waals surface area contributed by atoms with Crippen molar-refractivity contribution in [2.24, 2.45) is 0 Å². The topological polar surface area (TPSA) is 197 Å². The molecule has 2 atom stereocenters. The summed E-state index contributed by atoms with van der Waals surface area (Å²) in [5.41, 5.74) is -0.824. The summed E-state index contributed by atoms with van der Waals surface area (Å²) in [6.07, 6.45) is -2.91. The van der Waals surface area contributed by atoms with E-state index in [1.807, 2.05) is 0 Å². The van der Waals surface area contributed by atoms with Crippen molar-refractivity contribution in [2.45, 2.75) is 18.6 Å². The highest BCUT2D eigenvalue weighted by molar-refractivity contribution is 5.91. The number of ether oxygens (including phenoxy) is 2. The third-order valence-corrected chi connectivity index (χ3v) is 5.26. The largest absolute Gasteiger partial charge is 0.508 e. The van der Waals surface area contributed by atoms with Gasteiger partial charge in [0.05, 0.1) is 0 Å². The van der Waals surface area contributed by atoms with Gasteiger partial charge in [0.15, 0.2) is 40.7 Å². The number of halogens is 1. The average molecular weight is 476 g/mol. The van der Waals surface area contributed by atoms with Crippen LogP contribution in [0.4, 0.5) is 4.39 Å². The summed E-state index contributed by atoms with van der Waals surface area (Å²) < 4.78 is 25.4. The summed E-state index contributed by atoms with van der Waals surface area (Å²) >= 11 is 0. The number of hydrogen-bond acceptors (Lipinski definition) is 11. The molecule has 0 bridgehead atoms. The first-order valence-corrected chi connectivity index (χ1v) is 9.58. The molecule has 1 heterocycles. The van der Waals surface area contributed by atoms with Gasteiger partial charge in [-0.05, 0) is 12.1 Å². The number of hydrogen-bond donors (Lipinski definition) is 8. The molecule has 8 N–H and O–H groups in total. The molecule has 12 heteroatoms. The molecule has 0 fully saturated rings. The van der Waals surface area contributed by atoms with Gasteiger partial charge in [-0.3, -0.25) is 0 Å². The first-order valence-electron chi connectivity index (χ1n) is 9.58. The Morgan fingerprint density at radius 3 is 2.09 bits per heavy atom. The van der Waals surface area contributed by atoms with Gasteiger partial charge in [-0.25, -0.2) is 9.18 Å². The minimum atomic E-state index is -1.57. The number of aromatic hydroxyl groups is 8. The molecule has 34 heavy (non-hydrogen) atoms. The lowest BCUT2D eigenvalue weighted by Crippen LogP contribution is -2.35. The third-order valence-electron chi connectivity index (χ3n) is 5.26. The van der Waals surface area contributed by atoms with E-state index < -0.39 is 69.8 Å². The van der Waals surface area contributed by atoms with Gasteiger partial charge in [0.2, 0.25) is 5.75 Å². The molecule has 0 aliphatic carbocycles. The summed E-state index contributed by atoms with van der Waals surface area (Å²) in [5, 5.41) is 78.0. The first kappa shape index (κ1) is 22.5. The minimum absolute atomic E-state index is 0.00375. The third kappa shape index (κ3) is 3.70. The van der Waals surface area contributed by atoms with Gasteiger partial charge in [-0.1, -0.05) is 0 Å². The molecule has 0 radical (unpaired) electrons. The molecule has 1 unspecified atom stereocenters. The van der Waals surface area contributed by atoms with Crippen LogP contribution in [0, 0.1) is 5.82 Å². The smallest absolute Gasteiger partial charge is 0.341 e. The van der Waals surface area contributed by atoms with Crippen LogP contribution in [0.25, 0.3) is 0 Å². The number of benzene rings is 3. The molecule has 11 nitrogen and oxygen atoms in total. The van der Waals surface area contributed by atoms with Gasteiger partial charge >= 0.3 is 5.97 Å². The van der Waals surface area contributed by atoms with Gasteiger partial charge in [0.1, 0.15) is 28.9 Å². The van der Waals surface area contributed by atoms with Crippen LogP contribution in [0.2, 0.25) is 0 Å². The Morgan fingerprint density at radius 2 is 1.44 bits per heavy atom. The zero-order valence-electron chi connectivity index (χ0n) is 16.9. The summed E-state index contributed by atoms with van der Waals surface area (Å²) in [6.45, 7) is 0. The van der Waals surface area contributed by atoms with Crippen LogP contribution in [0.15, 0.2) is 30.3 Å². The number of fused-ring (bicyclic) bond motifs is 1. The molecule has 178 valence electrons. The Balaban J connectivity index is 1.77. The van der Waals surface area contributed by atoms with Crippen molar-refractivity contribution in [3.05, 3.63) is 52.8 Å². The number of esters is 1. The maximum absolute atomic E-state index is 14.4. The number of carbonyl (C=O) groups excluding carboxylic acids is 1. The highest BCUT2D eigenvalue weighted by atomic mass is 19.1. The van der Waals surface area contributed by atoms with Crippen LogP contribution in [-0.2, 0) is 11.2 Å². The fraction of sp³-hybridized carbons (Fsp3) is 0.136. The van der Waals surface area contributed by atoms with E-state index in [0.29, 0.717) is 6.07 Å². The predicted molar refractivity (Wildman–Crippen MR) is 109 cm³/mol. The van der Waals surface area contributed by atoms with Crippen LogP contribution in [-0.4, -0.2) is 52.9 Å². The van der Waals surface area contributed by atoms with Gasteiger partial charge in [-0.2, -0.15) is 0 Å². The molecule has 0 saturated heterocycles. The molecule has 0 saturated carbocycles. The molecule has 0 amide bonds. The second kappa shape index (κ2) is 7.99. The lowest BCUT2D eigenvalue weighted by atomic mass is 9.93. The van der Waals surface area contributed by atoms with E-state index in [2.05, 4.69) is 0 Å².